The maximum Gasteiger partial charge on any atom is 0.0579 e. The van der Waals surface area contributed by atoms with E-state index in [1.165, 1.54) is 22.3 Å². The molecule has 1 N–H and O–H groups in total. The van der Waals surface area contributed by atoms with Crippen LogP contribution >= 0.6 is 11.6 Å². The predicted octanol–water partition coefficient (Wildman–Crippen LogP) is 4.96. The normalized spacial score (nSPS) is 12.4. The van der Waals surface area contributed by atoms with Crippen molar-refractivity contribution < 1.29 is 0 Å². The first-order chi connectivity index (χ1) is 9.54. The molecule has 0 aliphatic rings. The fourth-order valence-electron chi connectivity index (χ4n) is 2.49. The fourth-order valence-corrected chi connectivity index (χ4v) is 2.68. The van der Waals surface area contributed by atoms with Crippen LogP contribution in [0.2, 0.25) is 5.02 Å². The number of benzene rings is 2. The molecule has 0 saturated heterocycles. The third kappa shape index (κ3) is 3.05. The zero-order chi connectivity index (χ0) is 14.7. The molecule has 2 aromatic rings. The first kappa shape index (κ1) is 15.1. The van der Waals surface area contributed by atoms with Gasteiger partial charge >= 0.3 is 0 Å². The van der Waals surface area contributed by atoms with Crippen LogP contribution in [0.1, 0.15) is 40.8 Å². The molecule has 0 aliphatic carbocycles. The Morgan fingerprint density at radius 2 is 1.80 bits per heavy atom. The molecule has 20 heavy (non-hydrogen) atoms. The van der Waals surface area contributed by atoms with E-state index < -0.39 is 0 Å². The highest BCUT2D eigenvalue weighted by molar-refractivity contribution is 6.31. The summed E-state index contributed by atoms with van der Waals surface area (Å²) in [6.45, 7) is 9.43. The Hall–Kier alpha value is -1.31. The van der Waals surface area contributed by atoms with E-state index >= 15 is 0 Å². The number of rotatable bonds is 4. The standard InChI is InChI=1S/C18H22ClN/c1-5-20-18(15-10-9-13(3)17(19)11-15)16-8-6-7-12(2)14(16)4/h6-11,18,20H,5H2,1-4H3. The van der Waals surface area contributed by atoms with Crippen LogP contribution in [0.15, 0.2) is 36.4 Å². The van der Waals surface area contributed by atoms with Crippen LogP contribution in [0, 0.1) is 20.8 Å². The summed E-state index contributed by atoms with van der Waals surface area (Å²) in [6.07, 6.45) is 0. The van der Waals surface area contributed by atoms with Gasteiger partial charge in [-0.25, -0.2) is 0 Å². The van der Waals surface area contributed by atoms with Gasteiger partial charge in [-0.3, -0.25) is 0 Å². The van der Waals surface area contributed by atoms with Gasteiger partial charge in [-0.1, -0.05) is 48.9 Å². The highest BCUT2D eigenvalue weighted by Gasteiger charge is 2.16. The van der Waals surface area contributed by atoms with Gasteiger partial charge in [0.05, 0.1) is 6.04 Å². The molecule has 0 saturated carbocycles. The lowest BCUT2D eigenvalue weighted by Crippen LogP contribution is -2.23. The van der Waals surface area contributed by atoms with Gasteiger partial charge in [0.15, 0.2) is 0 Å². The average molecular weight is 288 g/mol. The molecule has 1 atom stereocenters. The van der Waals surface area contributed by atoms with Gasteiger partial charge in [-0.2, -0.15) is 0 Å². The molecule has 2 rings (SSSR count). The van der Waals surface area contributed by atoms with E-state index in [1.54, 1.807) is 0 Å². The quantitative estimate of drug-likeness (QED) is 0.838. The van der Waals surface area contributed by atoms with Crippen LogP contribution < -0.4 is 5.32 Å². The summed E-state index contributed by atoms with van der Waals surface area (Å²) < 4.78 is 0. The number of hydrogen-bond acceptors (Lipinski definition) is 1. The van der Waals surface area contributed by atoms with Crippen LogP contribution in [-0.4, -0.2) is 6.54 Å². The molecule has 0 aromatic heterocycles. The van der Waals surface area contributed by atoms with Gasteiger partial charge in [0.1, 0.15) is 0 Å². The van der Waals surface area contributed by atoms with Crippen molar-refractivity contribution in [1.82, 2.24) is 5.32 Å². The highest BCUT2D eigenvalue weighted by atomic mass is 35.5. The number of hydrogen-bond donors (Lipinski definition) is 1. The zero-order valence-electron chi connectivity index (χ0n) is 12.6. The van der Waals surface area contributed by atoms with Crippen molar-refractivity contribution >= 4 is 11.6 Å². The molecular weight excluding hydrogens is 266 g/mol. The predicted molar refractivity (Wildman–Crippen MR) is 87.6 cm³/mol. The maximum absolute atomic E-state index is 6.29. The van der Waals surface area contributed by atoms with Gasteiger partial charge in [0.25, 0.3) is 0 Å². The van der Waals surface area contributed by atoms with Crippen molar-refractivity contribution in [3.63, 3.8) is 0 Å². The Bertz CT molecular complexity index is 604. The van der Waals surface area contributed by atoms with Crippen molar-refractivity contribution in [2.45, 2.75) is 33.7 Å². The van der Waals surface area contributed by atoms with Gasteiger partial charge in [-0.15, -0.1) is 0 Å². The van der Waals surface area contributed by atoms with Crippen LogP contribution in [0.5, 0.6) is 0 Å². The molecule has 0 heterocycles. The average Bonchev–Trinajstić information content (AvgIpc) is 2.43. The van der Waals surface area contributed by atoms with Gasteiger partial charge in [0.2, 0.25) is 0 Å². The van der Waals surface area contributed by atoms with E-state index in [4.69, 9.17) is 11.6 Å². The maximum atomic E-state index is 6.29. The van der Waals surface area contributed by atoms with Crippen LogP contribution in [0.25, 0.3) is 0 Å². The minimum absolute atomic E-state index is 0.193. The lowest BCUT2D eigenvalue weighted by Gasteiger charge is -2.22. The summed E-state index contributed by atoms with van der Waals surface area (Å²) in [5.41, 5.74) is 6.33. The summed E-state index contributed by atoms with van der Waals surface area (Å²) in [5.74, 6) is 0. The lowest BCUT2D eigenvalue weighted by molar-refractivity contribution is 0.627. The Morgan fingerprint density at radius 3 is 2.45 bits per heavy atom. The molecule has 0 spiro atoms. The molecule has 2 heteroatoms. The van der Waals surface area contributed by atoms with E-state index in [0.29, 0.717) is 0 Å². The van der Waals surface area contributed by atoms with Crippen molar-refractivity contribution in [3.8, 4) is 0 Å². The first-order valence-corrected chi connectivity index (χ1v) is 7.48. The molecule has 0 aliphatic heterocycles. The summed E-state index contributed by atoms with van der Waals surface area (Å²) in [5, 5.41) is 4.40. The van der Waals surface area contributed by atoms with E-state index in [0.717, 1.165) is 17.1 Å². The smallest absolute Gasteiger partial charge is 0.0579 e. The summed E-state index contributed by atoms with van der Waals surface area (Å²) >= 11 is 6.29. The Kier molecular flexibility index (Phi) is 4.85. The number of nitrogens with one attached hydrogen (secondary N) is 1. The second-order valence-corrected chi connectivity index (χ2v) is 5.70. The van der Waals surface area contributed by atoms with Gasteiger partial charge < -0.3 is 5.32 Å². The van der Waals surface area contributed by atoms with Crippen LogP contribution in [-0.2, 0) is 0 Å². The second-order valence-electron chi connectivity index (χ2n) is 5.29. The largest absolute Gasteiger partial charge is 0.307 e. The highest BCUT2D eigenvalue weighted by Crippen LogP contribution is 2.29. The van der Waals surface area contributed by atoms with E-state index in [-0.39, 0.29) is 6.04 Å². The molecule has 2 aromatic carbocycles. The number of aryl methyl sites for hydroxylation is 2. The molecular formula is C18H22ClN. The summed E-state index contributed by atoms with van der Waals surface area (Å²) in [4.78, 5) is 0. The molecule has 1 nitrogen and oxygen atoms in total. The van der Waals surface area contributed by atoms with E-state index in [2.05, 4.69) is 62.5 Å². The van der Waals surface area contributed by atoms with Gasteiger partial charge in [-0.05, 0) is 61.2 Å². The molecule has 106 valence electrons. The van der Waals surface area contributed by atoms with Crippen molar-refractivity contribution in [1.29, 1.82) is 0 Å². The molecule has 0 bridgehead atoms. The Morgan fingerprint density at radius 1 is 1.05 bits per heavy atom. The molecule has 0 radical (unpaired) electrons. The molecule has 0 fully saturated rings. The van der Waals surface area contributed by atoms with Crippen molar-refractivity contribution in [3.05, 3.63) is 69.2 Å². The minimum Gasteiger partial charge on any atom is -0.307 e. The van der Waals surface area contributed by atoms with Crippen LogP contribution in [0.3, 0.4) is 0 Å². The SMILES string of the molecule is CCNC(c1ccc(C)c(Cl)c1)c1cccc(C)c1C. The van der Waals surface area contributed by atoms with E-state index in [9.17, 15) is 0 Å². The van der Waals surface area contributed by atoms with E-state index in [1.807, 2.05) is 6.92 Å². The monoisotopic (exact) mass is 287 g/mol. The summed E-state index contributed by atoms with van der Waals surface area (Å²) in [6, 6.07) is 13.0. The van der Waals surface area contributed by atoms with Crippen molar-refractivity contribution in [2.75, 3.05) is 6.54 Å². The first-order valence-electron chi connectivity index (χ1n) is 7.10. The van der Waals surface area contributed by atoms with Crippen molar-refractivity contribution in [2.24, 2.45) is 0 Å². The lowest BCUT2D eigenvalue weighted by atomic mass is 9.92. The minimum atomic E-state index is 0.193. The topological polar surface area (TPSA) is 12.0 Å². The van der Waals surface area contributed by atoms with Crippen LogP contribution in [0.4, 0.5) is 0 Å². The van der Waals surface area contributed by atoms with Gasteiger partial charge in [0, 0.05) is 5.02 Å². The summed E-state index contributed by atoms with van der Waals surface area (Å²) in [7, 11) is 0. The zero-order valence-corrected chi connectivity index (χ0v) is 13.4. The number of halogens is 1. The Balaban J connectivity index is 2.50. The fraction of sp³-hybridized carbons (Fsp3) is 0.333. The molecule has 0 amide bonds. The second kappa shape index (κ2) is 6.43. The third-order valence-corrected chi connectivity index (χ3v) is 4.30. The third-order valence-electron chi connectivity index (χ3n) is 3.90. The Labute approximate surface area is 127 Å². The molecule has 1 unspecified atom stereocenters.